The quantitative estimate of drug-likeness (QED) is 0.645. The van der Waals surface area contributed by atoms with Crippen LogP contribution >= 0.6 is 11.6 Å². The second kappa shape index (κ2) is 5.06. The molecule has 0 saturated carbocycles. The number of rotatable bonds is 2. The molecule has 0 unspecified atom stereocenters. The zero-order valence-electron chi connectivity index (χ0n) is 9.77. The Morgan fingerprint density at radius 3 is 2.78 bits per heavy atom. The molecule has 2 aromatic rings. The minimum absolute atomic E-state index is 0.267. The number of pyridine rings is 1. The van der Waals surface area contributed by atoms with E-state index in [1.165, 1.54) is 0 Å². The fraction of sp³-hybridized carbons (Fsp3) is 0.0769. The van der Waals surface area contributed by atoms with Gasteiger partial charge in [-0.25, -0.2) is 4.98 Å². The van der Waals surface area contributed by atoms with Crippen LogP contribution in [0.5, 0.6) is 0 Å². The third-order valence-corrected chi connectivity index (χ3v) is 2.71. The summed E-state index contributed by atoms with van der Waals surface area (Å²) in [5.74, 6) is 0.142. The third kappa shape index (κ3) is 2.78. The van der Waals surface area contributed by atoms with E-state index in [9.17, 15) is 4.79 Å². The lowest BCUT2D eigenvalue weighted by Crippen LogP contribution is -2.13. The Bertz CT molecular complexity index is 599. The van der Waals surface area contributed by atoms with Crippen molar-refractivity contribution in [1.82, 2.24) is 4.98 Å². The zero-order valence-corrected chi connectivity index (χ0v) is 10.5. The summed E-state index contributed by atoms with van der Waals surface area (Å²) in [5.41, 5.74) is 7.77. The van der Waals surface area contributed by atoms with Crippen LogP contribution in [0.4, 0.5) is 11.5 Å². The Morgan fingerprint density at radius 2 is 2.11 bits per heavy atom. The number of nitrogen functional groups attached to an aromatic ring is 1. The van der Waals surface area contributed by atoms with E-state index in [0.717, 1.165) is 5.56 Å². The first kappa shape index (κ1) is 12.4. The van der Waals surface area contributed by atoms with Gasteiger partial charge in [0.2, 0.25) is 0 Å². The van der Waals surface area contributed by atoms with Gasteiger partial charge in [0.05, 0.1) is 0 Å². The molecule has 0 aliphatic rings. The van der Waals surface area contributed by atoms with Crippen LogP contribution in [0.3, 0.4) is 0 Å². The van der Waals surface area contributed by atoms with Crippen LogP contribution in [-0.2, 0) is 0 Å². The molecule has 18 heavy (non-hydrogen) atoms. The lowest BCUT2D eigenvalue weighted by molar-refractivity contribution is 0.102. The number of benzene rings is 1. The summed E-state index contributed by atoms with van der Waals surface area (Å²) in [6, 6.07) is 10.2. The number of aromatic nitrogens is 1. The number of anilines is 2. The maximum Gasteiger partial charge on any atom is 0.256 e. The molecule has 4 nitrogen and oxygen atoms in total. The second-order valence-corrected chi connectivity index (χ2v) is 4.26. The summed E-state index contributed by atoms with van der Waals surface area (Å²) in [7, 11) is 0. The number of carbonyl (C=O) groups is 1. The van der Waals surface area contributed by atoms with Crippen LogP contribution in [0.15, 0.2) is 36.4 Å². The number of aryl methyl sites for hydroxylation is 1. The highest BCUT2D eigenvalue weighted by molar-refractivity contribution is 6.29. The standard InChI is InChI=1S/C13H12ClN3O/c1-8-5-6-9(7-10(8)15)13(18)17-12-4-2-3-11(14)16-12/h2-7H,15H2,1H3,(H,16,17,18). The number of hydrogen-bond acceptors (Lipinski definition) is 3. The number of nitrogens with one attached hydrogen (secondary N) is 1. The van der Waals surface area contributed by atoms with E-state index in [-0.39, 0.29) is 5.91 Å². The monoisotopic (exact) mass is 261 g/mol. The normalized spacial score (nSPS) is 10.1. The van der Waals surface area contributed by atoms with E-state index in [1.807, 2.05) is 6.92 Å². The molecule has 0 fully saturated rings. The highest BCUT2D eigenvalue weighted by Crippen LogP contribution is 2.15. The molecule has 0 aliphatic heterocycles. The Labute approximate surface area is 110 Å². The first-order valence-corrected chi connectivity index (χ1v) is 5.74. The molecule has 3 N–H and O–H groups in total. The van der Waals surface area contributed by atoms with Crippen molar-refractivity contribution in [2.75, 3.05) is 11.1 Å². The van der Waals surface area contributed by atoms with E-state index < -0.39 is 0 Å². The molecular weight excluding hydrogens is 250 g/mol. The van der Waals surface area contributed by atoms with Crippen molar-refractivity contribution in [3.05, 3.63) is 52.7 Å². The minimum Gasteiger partial charge on any atom is -0.398 e. The molecule has 0 aliphatic carbocycles. The molecule has 0 saturated heterocycles. The SMILES string of the molecule is Cc1ccc(C(=O)Nc2cccc(Cl)n2)cc1N. The molecule has 0 radical (unpaired) electrons. The van der Waals surface area contributed by atoms with Crippen molar-refractivity contribution in [3.63, 3.8) is 0 Å². The van der Waals surface area contributed by atoms with Crippen LogP contribution < -0.4 is 11.1 Å². The first-order chi connectivity index (χ1) is 8.56. The highest BCUT2D eigenvalue weighted by Gasteiger charge is 2.08. The molecule has 5 heteroatoms. The lowest BCUT2D eigenvalue weighted by atomic mass is 10.1. The average molecular weight is 262 g/mol. The fourth-order valence-electron chi connectivity index (χ4n) is 1.45. The average Bonchev–Trinajstić information content (AvgIpc) is 2.32. The summed E-state index contributed by atoms with van der Waals surface area (Å²) < 4.78 is 0. The van der Waals surface area contributed by atoms with Crippen molar-refractivity contribution in [3.8, 4) is 0 Å². The summed E-state index contributed by atoms with van der Waals surface area (Å²) in [6.45, 7) is 1.88. The van der Waals surface area contributed by atoms with Gasteiger partial charge in [-0.1, -0.05) is 23.7 Å². The minimum atomic E-state index is -0.267. The predicted octanol–water partition coefficient (Wildman–Crippen LogP) is 2.88. The van der Waals surface area contributed by atoms with Gasteiger partial charge in [0, 0.05) is 11.3 Å². The molecule has 0 spiro atoms. The molecule has 2 rings (SSSR count). The van der Waals surface area contributed by atoms with E-state index in [4.69, 9.17) is 17.3 Å². The van der Waals surface area contributed by atoms with Crippen molar-refractivity contribution in [1.29, 1.82) is 0 Å². The molecule has 0 bridgehead atoms. The fourth-order valence-corrected chi connectivity index (χ4v) is 1.61. The third-order valence-electron chi connectivity index (χ3n) is 2.50. The summed E-state index contributed by atoms with van der Waals surface area (Å²) in [4.78, 5) is 15.9. The van der Waals surface area contributed by atoms with Crippen LogP contribution in [-0.4, -0.2) is 10.9 Å². The van der Waals surface area contributed by atoms with Gasteiger partial charge in [0.1, 0.15) is 11.0 Å². The molecular formula is C13H12ClN3O. The van der Waals surface area contributed by atoms with Crippen LogP contribution in [0.2, 0.25) is 5.15 Å². The summed E-state index contributed by atoms with van der Waals surface area (Å²) in [5, 5.41) is 2.99. The number of carbonyl (C=O) groups excluding carboxylic acids is 1. The lowest BCUT2D eigenvalue weighted by Gasteiger charge is -2.06. The summed E-state index contributed by atoms with van der Waals surface area (Å²) in [6.07, 6.45) is 0. The molecule has 0 atom stereocenters. The van der Waals surface area contributed by atoms with Gasteiger partial charge in [-0.2, -0.15) is 0 Å². The molecule has 1 aromatic carbocycles. The van der Waals surface area contributed by atoms with Gasteiger partial charge in [-0.15, -0.1) is 0 Å². The smallest absolute Gasteiger partial charge is 0.256 e. The molecule has 92 valence electrons. The second-order valence-electron chi connectivity index (χ2n) is 3.87. The molecule has 1 aromatic heterocycles. The van der Waals surface area contributed by atoms with Crippen LogP contribution in [0.25, 0.3) is 0 Å². The van der Waals surface area contributed by atoms with Gasteiger partial charge in [0.25, 0.3) is 5.91 Å². The largest absolute Gasteiger partial charge is 0.398 e. The van der Waals surface area contributed by atoms with E-state index in [1.54, 1.807) is 36.4 Å². The van der Waals surface area contributed by atoms with Gasteiger partial charge in [-0.05, 0) is 36.8 Å². The zero-order chi connectivity index (χ0) is 13.1. The Hall–Kier alpha value is -2.07. The van der Waals surface area contributed by atoms with Crippen LogP contribution in [0, 0.1) is 6.92 Å². The number of nitrogens with two attached hydrogens (primary N) is 1. The molecule has 1 amide bonds. The van der Waals surface area contributed by atoms with Crippen LogP contribution in [0.1, 0.15) is 15.9 Å². The first-order valence-electron chi connectivity index (χ1n) is 5.36. The summed E-state index contributed by atoms with van der Waals surface area (Å²) >= 11 is 5.74. The predicted molar refractivity (Wildman–Crippen MR) is 72.8 cm³/mol. The van der Waals surface area contributed by atoms with Crippen molar-refractivity contribution in [2.45, 2.75) is 6.92 Å². The Kier molecular flexibility index (Phi) is 3.48. The van der Waals surface area contributed by atoms with Gasteiger partial charge in [0.15, 0.2) is 0 Å². The topological polar surface area (TPSA) is 68.0 Å². The Balaban J connectivity index is 2.19. The van der Waals surface area contributed by atoms with Gasteiger partial charge in [-0.3, -0.25) is 4.79 Å². The number of hydrogen-bond donors (Lipinski definition) is 2. The van der Waals surface area contributed by atoms with E-state index in [2.05, 4.69) is 10.3 Å². The van der Waals surface area contributed by atoms with Crippen molar-refractivity contribution < 1.29 is 4.79 Å². The van der Waals surface area contributed by atoms with Crippen molar-refractivity contribution in [2.24, 2.45) is 0 Å². The van der Waals surface area contributed by atoms with Crippen molar-refractivity contribution >= 4 is 29.0 Å². The van der Waals surface area contributed by atoms with E-state index in [0.29, 0.717) is 22.2 Å². The number of nitrogens with zero attached hydrogens (tertiary/aromatic N) is 1. The molecule has 1 heterocycles. The maximum absolute atomic E-state index is 11.9. The Morgan fingerprint density at radius 1 is 1.33 bits per heavy atom. The van der Waals surface area contributed by atoms with Gasteiger partial charge >= 0.3 is 0 Å². The van der Waals surface area contributed by atoms with Gasteiger partial charge < -0.3 is 11.1 Å². The number of amides is 1. The maximum atomic E-state index is 11.9. The highest BCUT2D eigenvalue weighted by atomic mass is 35.5. The van der Waals surface area contributed by atoms with E-state index >= 15 is 0 Å². The number of halogens is 1.